The molecule has 0 aromatic heterocycles. The number of carbonyl (C=O) groups is 1. The van der Waals surface area contributed by atoms with E-state index in [-0.39, 0.29) is 36.6 Å². The highest BCUT2D eigenvalue weighted by molar-refractivity contribution is 6.18. The first-order valence-corrected chi connectivity index (χ1v) is 11.2. The molecule has 1 aromatic rings. The largest absolute Gasteiger partial charge is 0.484 e. The summed E-state index contributed by atoms with van der Waals surface area (Å²) in [5.41, 5.74) is 1.11. The van der Waals surface area contributed by atoms with Gasteiger partial charge in [0, 0.05) is 55.8 Å². The molecule has 2 saturated heterocycles. The molecule has 5 rings (SSSR count). The topological polar surface area (TPSA) is 113 Å². The van der Waals surface area contributed by atoms with Crippen molar-refractivity contribution < 1.29 is 27.8 Å². The van der Waals surface area contributed by atoms with Crippen molar-refractivity contribution in [2.24, 2.45) is 4.99 Å². The molecule has 2 fully saturated rings. The zero-order chi connectivity index (χ0) is 25.0. The molecular weight excluding hydrogens is 465 g/mol. The second-order valence-corrected chi connectivity index (χ2v) is 9.34. The van der Waals surface area contributed by atoms with Gasteiger partial charge in [0.2, 0.25) is 0 Å². The van der Waals surface area contributed by atoms with Gasteiger partial charge in [0.1, 0.15) is 17.2 Å². The summed E-state index contributed by atoms with van der Waals surface area (Å²) < 4.78 is 44.4. The minimum Gasteiger partial charge on any atom is -0.484 e. The molecule has 3 atom stereocenters. The van der Waals surface area contributed by atoms with Crippen LogP contribution in [-0.4, -0.2) is 78.4 Å². The molecule has 4 aliphatic heterocycles. The zero-order valence-corrected chi connectivity index (χ0v) is 18.9. The molecule has 0 spiro atoms. The minimum atomic E-state index is -4.25. The number of aliphatic hydroxyl groups is 1. The van der Waals surface area contributed by atoms with Crippen molar-refractivity contribution in [2.75, 3.05) is 36.5 Å². The number of fused-ring (bicyclic) bond motifs is 2. The number of nitrogens with one attached hydrogen (secondary N) is 3. The molecule has 35 heavy (non-hydrogen) atoms. The second kappa shape index (κ2) is 8.38. The number of carbonyl (C=O) groups excluding carboxylic acids is 1. The van der Waals surface area contributed by atoms with Gasteiger partial charge in [-0.2, -0.15) is 13.2 Å². The standard InChI is InChI=1S/C23H25F3N6O3/c1-22(12-33)7-13-5-15(30-21(34)14(8-27)20-28-3-2-4-29-20)16(6-19(13)35-22)32-10-17-18(32)9-31(17)11-23(24,25)26/h2-6,8,17-18,27-28,33H,7,9-12H2,1H3,(H,30,34)/b20-14-,27-8?/t17-,18?,22-/m0/s1. The van der Waals surface area contributed by atoms with Crippen LogP contribution in [0, 0.1) is 5.41 Å². The molecule has 0 aliphatic carbocycles. The molecule has 0 radical (unpaired) electrons. The molecular formula is C23H25F3N6O3. The highest BCUT2D eigenvalue weighted by Crippen LogP contribution is 2.46. The molecule has 0 bridgehead atoms. The van der Waals surface area contributed by atoms with E-state index in [1.54, 1.807) is 31.3 Å². The van der Waals surface area contributed by atoms with Crippen LogP contribution in [0.15, 0.2) is 40.8 Å². The van der Waals surface area contributed by atoms with E-state index >= 15 is 0 Å². The number of allylic oxidation sites excluding steroid dienone is 1. The maximum Gasteiger partial charge on any atom is 0.401 e. The summed E-state index contributed by atoms with van der Waals surface area (Å²) in [5, 5.41) is 23.1. The van der Waals surface area contributed by atoms with Crippen molar-refractivity contribution in [3.8, 4) is 5.75 Å². The quantitative estimate of drug-likeness (QED) is 0.357. The molecule has 12 heteroatoms. The van der Waals surface area contributed by atoms with Gasteiger partial charge in [-0.25, -0.2) is 4.99 Å². The van der Waals surface area contributed by atoms with Crippen LogP contribution in [-0.2, 0) is 11.2 Å². The predicted octanol–water partition coefficient (Wildman–Crippen LogP) is 1.79. The Balaban J connectivity index is 1.42. The molecule has 4 aliphatic rings. The molecule has 0 saturated carbocycles. The maximum absolute atomic E-state index is 13.1. The number of rotatable bonds is 6. The molecule has 1 aromatic carbocycles. The summed E-state index contributed by atoms with van der Waals surface area (Å²) in [6, 6.07) is 3.23. The van der Waals surface area contributed by atoms with Crippen molar-refractivity contribution in [1.29, 1.82) is 5.41 Å². The van der Waals surface area contributed by atoms with Crippen LogP contribution in [0.2, 0.25) is 0 Å². The number of aliphatic hydroxyl groups excluding tert-OH is 1. The van der Waals surface area contributed by atoms with Gasteiger partial charge in [0.25, 0.3) is 5.91 Å². The number of hydrogen-bond donors (Lipinski definition) is 4. The number of alkyl halides is 3. The summed E-state index contributed by atoms with van der Waals surface area (Å²) >= 11 is 0. The van der Waals surface area contributed by atoms with Crippen molar-refractivity contribution in [1.82, 2.24) is 10.2 Å². The summed E-state index contributed by atoms with van der Waals surface area (Å²) in [6.07, 6.45) is 1.84. The van der Waals surface area contributed by atoms with Crippen LogP contribution in [0.3, 0.4) is 0 Å². The lowest BCUT2D eigenvalue weighted by atomic mass is 9.84. The van der Waals surface area contributed by atoms with E-state index in [1.807, 2.05) is 4.90 Å². The molecule has 186 valence electrons. The van der Waals surface area contributed by atoms with Gasteiger partial charge < -0.3 is 30.8 Å². The average Bonchev–Trinajstić information content (AvgIpc) is 3.13. The Morgan fingerprint density at radius 3 is 2.80 bits per heavy atom. The Morgan fingerprint density at radius 1 is 1.40 bits per heavy atom. The van der Waals surface area contributed by atoms with E-state index in [0.717, 1.165) is 11.8 Å². The first kappa shape index (κ1) is 23.4. The highest BCUT2D eigenvalue weighted by Gasteiger charge is 2.54. The van der Waals surface area contributed by atoms with Gasteiger partial charge in [-0.1, -0.05) is 0 Å². The lowest BCUT2D eigenvalue weighted by Crippen LogP contribution is -2.79. The Labute approximate surface area is 199 Å². The lowest BCUT2D eigenvalue weighted by molar-refractivity contribution is -0.170. The van der Waals surface area contributed by atoms with Crippen LogP contribution in [0.5, 0.6) is 5.75 Å². The summed E-state index contributed by atoms with van der Waals surface area (Å²) in [4.78, 5) is 20.6. The van der Waals surface area contributed by atoms with Gasteiger partial charge in [-0.05, 0) is 19.1 Å². The number of hydrogen-bond acceptors (Lipinski definition) is 8. The van der Waals surface area contributed by atoms with Gasteiger partial charge in [0.05, 0.1) is 36.1 Å². The normalized spacial score (nSPS) is 28.2. The maximum atomic E-state index is 13.1. The Hall–Kier alpha value is -3.38. The van der Waals surface area contributed by atoms with Crippen LogP contribution >= 0.6 is 0 Å². The Bertz CT molecular complexity index is 1160. The van der Waals surface area contributed by atoms with Crippen LogP contribution in [0.25, 0.3) is 0 Å². The van der Waals surface area contributed by atoms with Crippen molar-refractivity contribution in [2.45, 2.75) is 37.2 Å². The number of benzene rings is 1. The van der Waals surface area contributed by atoms with Crippen molar-refractivity contribution in [3.05, 3.63) is 41.4 Å². The summed E-state index contributed by atoms with van der Waals surface area (Å²) in [5.74, 6) is 0.243. The fourth-order valence-corrected chi connectivity index (χ4v) is 4.91. The van der Waals surface area contributed by atoms with E-state index in [0.29, 0.717) is 30.1 Å². The minimum absolute atomic E-state index is 0.0231. The first-order valence-electron chi connectivity index (χ1n) is 11.2. The number of piperazine rings is 1. The summed E-state index contributed by atoms with van der Waals surface area (Å²) in [7, 11) is 0. The molecule has 4 heterocycles. The third kappa shape index (κ3) is 4.27. The monoisotopic (exact) mass is 490 g/mol. The molecule has 1 unspecified atom stereocenters. The fourth-order valence-electron chi connectivity index (χ4n) is 4.91. The van der Waals surface area contributed by atoms with E-state index in [2.05, 4.69) is 15.6 Å². The lowest BCUT2D eigenvalue weighted by Gasteiger charge is -2.63. The Morgan fingerprint density at radius 2 is 2.20 bits per heavy atom. The molecule has 9 nitrogen and oxygen atoms in total. The fraction of sp³-hybridized carbons (Fsp3) is 0.435. The van der Waals surface area contributed by atoms with Crippen LogP contribution in [0.4, 0.5) is 24.5 Å². The van der Waals surface area contributed by atoms with Crippen molar-refractivity contribution >= 4 is 29.7 Å². The van der Waals surface area contributed by atoms with Gasteiger partial charge in [0.15, 0.2) is 0 Å². The second-order valence-electron chi connectivity index (χ2n) is 9.34. The summed E-state index contributed by atoms with van der Waals surface area (Å²) in [6.45, 7) is 1.30. The Kier molecular flexibility index (Phi) is 5.59. The van der Waals surface area contributed by atoms with Gasteiger partial charge in [-0.3, -0.25) is 9.69 Å². The van der Waals surface area contributed by atoms with Crippen LogP contribution < -0.4 is 20.3 Å². The number of nitrogens with zero attached hydrogens (tertiary/aromatic N) is 3. The van der Waals surface area contributed by atoms with Crippen LogP contribution in [0.1, 0.15) is 12.5 Å². The SMILES string of the molecule is C[C@@]1(CO)Cc2cc(NC(=O)/C(C=N)=C3\N=CC=CN3)c(N3C[C@H]4C3CN4CC(F)(F)F)cc2O1. The van der Waals surface area contributed by atoms with Crippen molar-refractivity contribution in [3.63, 3.8) is 0 Å². The number of anilines is 2. The third-order valence-corrected chi connectivity index (χ3v) is 6.74. The average molecular weight is 490 g/mol. The number of aliphatic imine (C=N–C) groups is 1. The smallest absolute Gasteiger partial charge is 0.401 e. The van der Waals surface area contributed by atoms with E-state index in [4.69, 9.17) is 10.1 Å². The number of likely N-dealkylation sites (tertiary alicyclic amines) is 1. The first-order chi connectivity index (χ1) is 16.6. The zero-order valence-electron chi connectivity index (χ0n) is 18.9. The third-order valence-electron chi connectivity index (χ3n) is 6.74. The number of amides is 1. The van der Waals surface area contributed by atoms with E-state index in [1.165, 1.54) is 11.1 Å². The molecule has 1 amide bonds. The number of ether oxygens (including phenoxy) is 1. The van der Waals surface area contributed by atoms with Gasteiger partial charge in [-0.15, -0.1) is 0 Å². The van der Waals surface area contributed by atoms with E-state index in [9.17, 15) is 23.1 Å². The predicted molar refractivity (Wildman–Crippen MR) is 124 cm³/mol. The number of halogens is 3. The molecule has 4 N–H and O–H groups in total. The van der Waals surface area contributed by atoms with Gasteiger partial charge >= 0.3 is 6.18 Å². The van der Waals surface area contributed by atoms with E-state index < -0.39 is 24.2 Å². The highest BCUT2D eigenvalue weighted by atomic mass is 19.4.